The van der Waals surface area contributed by atoms with E-state index in [0.29, 0.717) is 18.3 Å². The summed E-state index contributed by atoms with van der Waals surface area (Å²) in [6, 6.07) is 9.93. The van der Waals surface area contributed by atoms with Gasteiger partial charge in [0.2, 0.25) is 0 Å². The summed E-state index contributed by atoms with van der Waals surface area (Å²) < 4.78 is 5.22. The zero-order valence-electron chi connectivity index (χ0n) is 14.3. The van der Waals surface area contributed by atoms with E-state index >= 15 is 0 Å². The van der Waals surface area contributed by atoms with Gasteiger partial charge in [-0.3, -0.25) is 0 Å². The first-order valence-corrected chi connectivity index (χ1v) is 9.29. The first kappa shape index (κ1) is 18.6. The van der Waals surface area contributed by atoms with E-state index in [0.717, 1.165) is 36.5 Å². The third-order valence-electron chi connectivity index (χ3n) is 4.05. The highest BCUT2D eigenvalue weighted by molar-refractivity contribution is 7.99. The Kier molecular flexibility index (Phi) is 7.41. The Morgan fingerprint density at radius 1 is 1.54 bits per heavy atom. The maximum absolute atomic E-state index is 12.6. The van der Waals surface area contributed by atoms with Crippen molar-refractivity contribution in [1.29, 1.82) is 5.26 Å². The first-order valence-electron chi connectivity index (χ1n) is 8.30. The van der Waals surface area contributed by atoms with Crippen LogP contribution in [0.2, 0.25) is 0 Å². The number of urea groups is 1. The fourth-order valence-corrected chi connectivity index (χ4v) is 3.72. The molecule has 1 saturated heterocycles. The number of hydrogen-bond acceptors (Lipinski definition) is 4. The van der Waals surface area contributed by atoms with Crippen LogP contribution in [0.15, 0.2) is 29.2 Å². The van der Waals surface area contributed by atoms with E-state index in [1.807, 2.05) is 36.1 Å². The minimum atomic E-state index is -0.0582. The van der Waals surface area contributed by atoms with Crippen LogP contribution in [0, 0.1) is 23.2 Å². The fraction of sp³-hybridized carbons (Fsp3) is 0.556. The Balaban J connectivity index is 1.97. The Labute approximate surface area is 148 Å². The van der Waals surface area contributed by atoms with Crippen molar-refractivity contribution in [3.05, 3.63) is 24.3 Å². The Morgan fingerprint density at radius 3 is 3.08 bits per heavy atom. The zero-order chi connectivity index (χ0) is 17.4. The molecule has 0 bridgehead atoms. The lowest BCUT2D eigenvalue weighted by Crippen LogP contribution is -2.43. The van der Waals surface area contributed by atoms with E-state index in [4.69, 9.17) is 10.00 Å². The third kappa shape index (κ3) is 5.43. The number of methoxy groups -OCH3 is 1. The van der Waals surface area contributed by atoms with Gasteiger partial charge in [-0.05, 0) is 31.9 Å². The third-order valence-corrected chi connectivity index (χ3v) is 5.38. The number of piperidine rings is 1. The number of thioether (sulfide) groups is 1. The highest BCUT2D eigenvalue weighted by Crippen LogP contribution is 2.29. The van der Waals surface area contributed by atoms with E-state index in [1.54, 1.807) is 18.9 Å². The number of hydrogen-bond donors (Lipinski definition) is 1. The minimum Gasteiger partial charge on any atom is -0.384 e. The molecule has 6 heteroatoms. The molecule has 2 amide bonds. The number of ether oxygens (including phenoxy) is 1. The Hall–Kier alpha value is -1.71. The highest BCUT2D eigenvalue weighted by Gasteiger charge is 2.24. The maximum Gasteiger partial charge on any atom is 0.321 e. The summed E-state index contributed by atoms with van der Waals surface area (Å²) in [7, 11) is 1.70. The van der Waals surface area contributed by atoms with E-state index < -0.39 is 0 Å². The molecule has 1 heterocycles. The molecule has 0 aromatic heterocycles. The number of nitriles is 1. The van der Waals surface area contributed by atoms with Crippen molar-refractivity contribution in [1.82, 2.24) is 4.90 Å². The van der Waals surface area contributed by atoms with Gasteiger partial charge in [0.05, 0.1) is 24.3 Å². The predicted molar refractivity (Wildman–Crippen MR) is 97.1 cm³/mol. The number of para-hydroxylation sites is 1. The summed E-state index contributed by atoms with van der Waals surface area (Å²) >= 11 is 1.60. The number of amides is 2. The van der Waals surface area contributed by atoms with Crippen LogP contribution in [0.4, 0.5) is 10.5 Å². The Morgan fingerprint density at radius 2 is 2.33 bits per heavy atom. The number of nitrogens with one attached hydrogen (secondary N) is 1. The van der Waals surface area contributed by atoms with Crippen molar-refractivity contribution in [2.45, 2.75) is 24.7 Å². The molecule has 130 valence electrons. The summed E-state index contributed by atoms with van der Waals surface area (Å²) in [5.74, 6) is 1.11. The molecule has 1 aliphatic heterocycles. The van der Waals surface area contributed by atoms with Gasteiger partial charge in [-0.1, -0.05) is 12.1 Å². The van der Waals surface area contributed by atoms with Crippen LogP contribution in [-0.4, -0.2) is 43.5 Å². The molecule has 0 spiro atoms. The molecule has 5 nitrogen and oxygen atoms in total. The SMILES string of the molecule is COCC1CCCN(C(=O)Nc2ccccc2SCC(C)C#N)C1. The minimum absolute atomic E-state index is 0.0179. The lowest BCUT2D eigenvalue weighted by Gasteiger charge is -2.32. The monoisotopic (exact) mass is 347 g/mol. The van der Waals surface area contributed by atoms with E-state index in [-0.39, 0.29) is 11.9 Å². The van der Waals surface area contributed by atoms with Crippen LogP contribution in [0.3, 0.4) is 0 Å². The van der Waals surface area contributed by atoms with Crippen LogP contribution < -0.4 is 5.32 Å². The molecule has 1 aromatic rings. The molecule has 2 rings (SSSR count). The topological polar surface area (TPSA) is 65.4 Å². The molecule has 24 heavy (non-hydrogen) atoms. The quantitative estimate of drug-likeness (QED) is 0.794. The summed E-state index contributed by atoms with van der Waals surface area (Å²) in [5.41, 5.74) is 0.812. The lowest BCUT2D eigenvalue weighted by atomic mass is 9.99. The Bertz CT molecular complexity index is 586. The van der Waals surface area contributed by atoms with Crippen molar-refractivity contribution >= 4 is 23.5 Å². The average Bonchev–Trinajstić information content (AvgIpc) is 2.61. The second-order valence-electron chi connectivity index (χ2n) is 6.18. The van der Waals surface area contributed by atoms with Gasteiger partial charge in [-0.2, -0.15) is 5.26 Å². The van der Waals surface area contributed by atoms with Crippen molar-refractivity contribution in [3.63, 3.8) is 0 Å². The molecule has 2 atom stereocenters. The molecule has 2 unspecified atom stereocenters. The van der Waals surface area contributed by atoms with Gasteiger partial charge in [0, 0.05) is 36.8 Å². The average molecular weight is 347 g/mol. The largest absolute Gasteiger partial charge is 0.384 e. The summed E-state index contributed by atoms with van der Waals surface area (Å²) in [5, 5.41) is 11.9. The summed E-state index contributed by atoms with van der Waals surface area (Å²) in [4.78, 5) is 15.4. The maximum atomic E-state index is 12.6. The number of nitrogens with zero attached hydrogens (tertiary/aromatic N) is 2. The smallest absolute Gasteiger partial charge is 0.321 e. The second kappa shape index (κ2) is 9.55. The van der Waals surface area contributed by atoms with Gasteiger partial charge in [0.1, 0.15) is 0 Å². The van der Waals surface area contributed by atoms with Crippen LogP contribution in [0.5, 0.6) is 0 Å². The number of carbonyl (C=O) groups is 1. The normalized spacial score (nSPS) is 18.7. The van der Waals surface area contributed by atoms with Crippen LogP contribution in [0.25, 0.3) is 0 Å². The summed E-state index contributed by atoms with van der Waals surface area (Å²) in [6.45, 7) is 4.12. The standard InChI is InChI=1S/C18H25N3O2S/c1-14(10-19)13-24-17-8-4-3-7-16(17)20-18(22)21-9-5-6-15(11-21)12-23-2/h3-4,7-8,14-15H,5-6,9,11-13H2,1-2H3,(H,20,22). The van der Waals surface area contributed by atoms with Crippen molar-refractivity contribution in [2.75, 3.05) is 37.9 Å². The highest BCUT2D eigenvalue weighted by atomic mass is 32.2. The van der Waals surface area contributed by atoms with E-state index in [2.05, 4.69) is 11.4 Å². The molecule has 0 aliphatic carbocycles. The number of benzene rings is 1. The van der Waals surface area contributed by atoms with E-state index in [1.165, 1.54) is 0 Å². The number of likely N-dealkylation sites (tertiary alicyclic amines) is 1. The summed E-state index contributed by atoms with van der Waals surface area (Å²) in [6.07, 6.45) is 2.12. The molecular weight excluding hydrogens is 322 g/mol. The molecule has 1 aromatic carbocycles. The first-order chi connectivity index (χ1) is 11.6. The van der Waals surface area contributed by atoms with Crippen molar-refractivity contribution in [3.8, 4) is 6.07 Å². The van der Waals surface area contributed by atoms with Gasteiger partial charge in [0.25, 0.3) is 0 Å². The van der Waals surface area contributed by atoms with Gasteiger partial charge in [-0.25, -0.2) is 4.79 Å². The number of carbonyl (C=O) groups excluding carboxylic acids is 1. The molecule has 1 aliphatic rings. The second-order valence-corrected chi connectivity index (χ2v) is 7.24. The van der Waals surface area contributed by atoms with Crippen LogP contribution in [0.1, 0.15) is 19.8 Å². The molecule has 1 N–H and O–H groups in total. The predicted octanol–water partition coefficient (Wildman–Crippen LogP) is 3.83. The van der Waals surface area contributed by atoms with E-state index in [9.17, 15) is 4.79 Å². The fourth-order valence-electron chi connectivity index (χ4n) is 2.76. The van der Waals surface area contributed by atoms with Gasteiger partial charge >= 0.3 is 6.03 Å². The molecule has 0 radical (unpaired) electrons. The molecule has 0 saturated carbocycles. The molecule has 1 fully saturated rings. The van der Waals surface area contributed by atoms with Crippen LogP contribution in [-0.2, 0) is 4.74 Å². The van der Waals surface area contributed by atoms with Crippen molar-refractivity contribution < 1.29 is 9.53 Å². The van der Waals surface area contributed by atoms with Crippen LogP contribution >= 0.6 is 11.8 Å². The van der Waals surface area contributed by atoms with Gasteiger partial charge in [-0.15, -0.1) is 11.8 Å². The lowest BCUT2D eigenvalue weighted by molar-refractivity contribution is 0.104. The molecular formula is C18H25N3O2S. The number of anilines is 1. The zero-order valence-corrected chi connectivity index (χ0v) is 15.1. The van der Waals surface area contributed by atoms with Gasteiger partial charge < -0.3 is 15.0 Å². The van der Waals surface area contributed by atoms with Crippen molar-refractivity contribution in [2.24, 2.45) is 11.8 Å². The number of rotatable bonds is 6. The van der Waals surface area contributed by atoms with Gasteiger partial charge in [0.15, 0.2) is 0 Å².